The third-order valence-electron chi connectivity index (χ3n) is 10.5. The first-order valence-electron chi connectivity index (χ1n) is 21.7. The lowest BCUT2D eigenvalue weighted by Crippen LogP contribution is -2.44. The molecule has 16 nitrogen and oxygen atoms in total. The molecule has 0 saturated carbocycles. The first kappa shape index (κ1) is 47.6. The van der Waals surface area contributed by atoms with Crippen molar-refractivity contribution >= 4 is 29.3 Å². The highest BCUT2D eigenvalue weighted by Crippen LogP contribution is 2.22. The van der Waals surface area contributed by atoms with Gasteiger partial charge in [0.15, 0.2) is 0 Å². The summed E-state index contributed by atoms with van der Waals surface area (Å²) < 4.78 is 28.1. The number of anilines is 1. The molecule has 3 N–H and O–H groups in total. The van der Waals surface area contributed by atoms with Gasteiger partial charge in [0.25, 0.3) is 11.8 Å². The number of nitrogens with one attached hydrogen (secondary N) is 3. The van der Waals surface area contributed by atoms with E-state index in [1.165, 1.54) is 6.20 Å². The second-order valence-corrected chi connectivity index (χ2v) is 15.2. The highest BCUT2D eigenvalue weighted by Gasteiger charge is 2.26. The molecule has 0 atom stereocenters. The number of nitrogens with zero attached hydrogens (tertiary/aromatic N) is 4. The van der Waals surface area contributed by atoms with E-state index in [2.05, 4.69) is 31.9 Å². The van der Waals surface area contributed by atoms with E-state index in [1.807, 2.05) is 43.3 Å². The highest BCUT2D eigenvalue weighted by molar-refractivity contribution is 5.96. The monoisotopic (exact) mass is 855 g/mol. The molecule has 1 aromatic heterocycles. The molecule has 5 rings (SSSR count). The van der Waals surface area contributed by atoms with Crippen molar-refractivity contribution in [1.29, 1.82) is 5.26 Å². The molecule has 0 radical (unpaired) electrons. The number of hydrogen-bond donors (Lipinski definition) is 3. The van der Waals surface area contributed by atoms with Crippen LogP contribution in [0.3, 0.4) is 0 Å². The fourth-order valence-electron chi connectivity index (χ4n) is 6.98. The first-order chi connectivity index (χ1) is 30.3. The summed E-state index contributed by atoms with van der Waals surface area (Å²) in [5, 5.41) is 17.8. The minimum atomic E-state index is -0.195. The predicted octanol–water partition coefficient (Wildman–Crippen LogP) is 4.34. The molecule has 0 bridgehead atoms. The van der Waals surface area contributed by atoms with E-state index < -0.39 is 0 Å². The molecule has 2 aliphatic heterocycles. The molecule has 0 aliphatic carbocycles. The average Bonchev–Trinajstić information content (AvgIpc) is 3.29. The SMILES string of the molecule is CCCC(=O)NCCOCCOCCOCCOCCC(=O)Nc1ccc(OC2CCN(C(=O)c3ccc(C(=O)NC4CCN(Cc5ccc(C#N)cc5)CC4)cn3)CC2)cc1. The topological polar surface area (TPSA) is 194 Å². The van der Waals surface area contributed by atoms with Gasteiger partial charge < -0.3 is 44.5 Å². The number of pyridine rings is 1. The second-order valence-electron chi connectivity index (χ2n) is 15.2. The molecule has 16 heteroatoms. The largest absolute Gasteiger partial charge is 0.490 e. The number of ether oxygens (including phenoxy) is 5. The Kier molecular flexibility index (Phi) is 20.6. The molecule has 4 amide bonds. The second kappa shape index (κ2) is 26.8. The highest BCUT2D eigenvalue weighted by atomic mass is 16.6. The normalized spacial score (nSPS) is 14.8. The van der Waals surface area contributed by atoms with Crippen molar-refractivity contribution in [1.82, 2.24) is 25.4 Å². The van der Waals surface area contributed by atoms with Crippen molar-refractivity contribution < 1.29 is 42.9 Å². The van der Waals surface area contributed by atoms with Crippen molar-refractivity contribution in [2.24, 2.45) is 0 Å². The first-order valence-corrected chi connectivity index (χ1v) is 21.7. The Balaban J connectivity index is 0.872. The summed E-state index contributed by atoms with van der Waals surface area (Å²) in [4.78, 5) is 58.5. The maximum absolute atomic E-state index is 13.2. The fraction of sp³-hybridized carbons (Fsp3) is 0.522. The molecule has 62 heavy (non-hydrogen) atoms. The number of hydrogen-bond acceptors (Lipinski definition) is 12. The minimum Gasteiger partial charge on any atom is -0.490 e. The van der Waals surface area contributed by atoms with Gasteiger partial charge in [-0.2, -0.15) is 5.26 Å². The number of carbonyl (C=O) groups is 4. The van der Waals surface area contributed by atoms with Gasteiger partial charge in [0.1, 0.15) is 17.5 Å². The quantitative estimate of drug-likeness (QED) is 0.102. The van der Waals surface area contributed by atoms with E-state index in [0.29, 0.717) is 113 Å². The molecule has 2 aliphatic rings. The summed E-state index contributed by atoms with van der Waals surface area (Å²) in [6, 6.07) is 20.4. The molecule has 2 aromatic carbocycles. The lowest BCUT2D eigenvalue weighted by atomic mass is 10.0. The van der Waals surface area contributed by atoms with Crippen LogP contribution in [0.15, 0.2) is 66.9 Å². The number of nitriles is 1. The molecule has 2 saturated heterocycles. The van der Waals surface area contributed by atoms with Crippen molar-refractivity contribution in [2.45, 2.75) is 70.6 Å². The Hall–Kier alpha value is -5.44. The zero-order valence-corrected chi connectivity index (χ0v) is 35.8. The molecule has 0 spiro atoms. The average molecular weight is 856 g/mol. The van der Waals surface area contributed by atoms with Crippen LogP contribution < -0.4 is 20.7 Å². The van der Waals surface area contributed by atoms with E-state index in [-0.39, 0.29) is 48.8 Å². The number of rotatable bonds is 25. The Morgan fingerprint density at radius 1 is 0.742 bits per heavy atom. The van der Waals surface area contributed by atoms with E-state index in [0.717, 1.165) is 44.5 Å². The van der Waals surface area contributed by atoms with Gasteiger partial charge in [-0.25, -0.2) is 0 Å². The summed E-state index contributed by atoms with van der Waals surface area (Å²) >= 11 is 0. The Labute approximate surface area is 364 Å². The standard InChI is InChI=1S/C46H61N7O9/c1-2-3-43(54)48-19-25-59-27-29-61-31-30-60-28-26-58-24-18-44(55)50-38-9-11-40(12-10-38)62-41-16-22-53(23-17-41)46(57)42-13-8-37(33-49-42)45(56)51-39-14-20-52(21-15-39)34-36-6-4-35(32-47)5-7-36/h4-13,33,39,41H,2-3,14-31,34H2,1H3,(H,48,54)(H,50,55)(H,51,56). The van der Waals surface area contributed by atoms with Crippen LogP contribution >= 0.6 is 0 Å². The molecule has 3 heterocycles. The summed E-state index contributed by atoms with van der Waals surface area (Å²) in [6.07, 6.45) is 5.98. The predicted molar refractivity (Wildman–Crippen MR) is 232 cm³/mol. The third-order valence-corrected chi connectivity index (χ3v) is 10.5. The van der Waals surface area contributed by atoms with E-state index in [1.54, 1.807) is 29.2 Å². The Morgan fingerprint density at radius 2 is 1.39 bits per heavy atom. The van der Waals surface area contributed by atoms with Gasteiger partial charge in [0, 0.05) is 76.5 Å². The van der Waals surface area contributed by atoms with E-state index in [4.69, 9.17) is 28.9 Å². The lowest BCUT2D eigenvalue weighted by Gasteiger charge is -2.32. The molecular formula is C46H61N7O9. The maximum Gasteiger partial charge on any atom is 0.272 e. The summed E-state index contributed by atoms with van der Waals surface area (Å²) in [7, 11) is 0. The third kappa shape index (κ3) is 17.1. The van der Waals surface area contributed by atoms with Gasteiger partial charge in [-0.3, -0.25) is 29.1 Å². The lowest BCUT2D eigenvalue weighted by molar-refractivity contribution is -0.121. The van der Waals surface area contributed by atoms with Crippen molar-refractivity contribution in [3.8, 4) is 11.8 Å². The molecule has 334 valence electrons. The number of carbonyl (C=O) groups excluding carboxylic acids is 4. The van der Waals surface area contributed by atoms with Crippen LogP contribution in [-0.2, 0) is 35.1 Å². The Morgan fingerprint density at radius 3 is 2.00 bits per heavy atom. The van der Waals surface area contributed by atoms with Gasteiger partial charge in [0.05, 0.1) is 76.5 Å². The number of piperidine rings is 2. The van der Waals surface area contributed by atoms with Crippen molar-refractivity contribution in [2.75, 3.05) is 90.9 Å². The van der Waals surface area contributed by atoms with Crippen LogP contribution in [0.5, 0.6) is 5.75 Å². The van der Waals surface area contributed by atoms with Crippen LogP contribution in [-0.4, -0.2) is 136 Å². The number of aromatic nitrogens is 1. The van der Waals surface area contributed by atoms with Gasteiger partial charge >= 0.3 is 0 Å². The number of amides is 4. The van der Waals surface area contributed by atoms with Crippen molar-refractivity contribution in [3.63, 3.8) is 0 Å². The van der Waals surface area contributed by atoms with Crippen LogP contribution in [0, 0.1) is 11.3 Å². The summed E-state index contributed by atoms with van der Waals surface area (Å²) in [6.45, 7) is 9.30. The smallest absolute Gasteiger partial charge is 0.272 e. The van der Waals surface area contributed by atoms with Crippen LogP contribution in [0.2, 0.25) is 0 Å². The molecule has 2 fully saturated rings. The maximum atomic E-state index is 13.2. The van der Waals surface area contributed by atoms with Crippen LogP contribution in [0.4, 0.5) is 5.69 Å². The molecular weight excluding hydrogens is 795 g/mol. The number of likely N-dealkylation sites (tertiary alicyclic amines) is 2. The van der Waals surface area contributed by atoms with Crippen LogP contribution in [0.25, 0.3) is 0 Å². The van der Waals surface area contributed by atoms with E-state index >= 15 is 0 Å². The molecule has 3 aromatic rings. The zero-order valence-electron chi connectivity index (χ0n) is 35.8. The van der Waals surface area contributed by atoms with Crippen LogP contribution in [0.1, 0.15) is 83.8 Å². The minimum absolute atomic E-state index is 0.0406. The van der Waals surface area contributed by atoms with Gasteiger partial charge in [-0.15, -0.1) is 0 Å². The Bertz CT molecular complexity index is 1860. The molecule has 0 unspecified atom stereocenters. The van der Waals surface area contributed by atoms with E-state index in [9.17, 15) is 19.2 Å². The number of benzene rings is 2. The summed E-state index contributed by atoms with van der Waals surface area (Å²) in [5.74, 6) is 0.196. The zero-order chi connectivity index (χ0) is 43.8. The summed E-state index contributed by atoms with van der Waals surface area (Å²) in [5.41, 5.74) is 3.20. The van der Waals surface area contributed by atoms with Gasteiger partial charge in [-0.1, -0.05) is 19.1 Å². The van der Waals surface area contributed by atoms with Gasteiger partial charge in [-0.05, 0) is 73.4 Å². The van der Waals surface area contributed by atoms with Gasteiger partial charge in [0.2, 0.25) is 11.8 Å². The van der Waals surface area contributed by atoms with Crippen molar-refractivity contribution in [3.05, 3.63) is 89.2 Å². The fourth-order valence-corrected chi connectivity index (χ4v) is 6.98.